The first-order chi connectivity index (χ1) is 7.14. The van der Waals surface area contributed by atoms with Crippen molar-refractivity contribution in [2.45, 2.75) is 38.7 Å². The molecule has 0 fully saturated rings. The molecule has 0 saturated carbocycles. The van der Waals surface area contributed by atoms with Gasteiger partial charge in [-0.25, -0.2) is 0 Å². The van der Waals surface area contributed by atoms with E-state index in [-0.39, 0.29) is 0 Å². The molecule has 1 atom stereocenters. The topological polar surface area (TPSA) is 20.2 Å². The Kier molecular flexibility index (Phi) is 4.57. The zero-order chi connectivity index (χ0) is 11.1. The normalized spacial score (nSPS) is 15.4. The maximum Gasteiger partial charge on any atom is 0.0802 e. The fourth-order valence-corrected chi connectivity index (χ4v) is 1.46. The molecule has 0 aliphatic heterocycles. The van der Waals surface area contributed by atoms with Crippen LogP contribution in [0.3, 0.4) is 0 Å². The average molecular weight is 204 g/mol. The van der Waals surface area contributed by atoms with Gasteiger partial charge in [-0.1, -0.05) is 62.2 Å². The van der Waals surface area contributed by atoms with Gasteiger partial charge in [0.15, 0.2) is 0 Å². The summed E-state index contributed by atoms with van der Waals surface area (Å²) in [6.45, 7) is 4.00. The molecule has 0 spiro atoms. The van der Waals surface area contributed by atoms with Gasteiger partial charge in [-0.3, -0.25) is 0 Å². The van der Waals surface area contributed by atoms with Gasteiger partial charge in [-0.15, -0.1) is 0 Å². The highest BCUT2D eigenvalue weighted by Gasteiger charge is 2.14. The predicted molar refractivity (Wildman–Crippen MR) is 65.6 cm³/mol. The molecule has 0 amide bonds. The Morgan fingerprint density at radius 1 is 1.27 bits per heavy atom. The van der Waals surface area contributed by atoms with Gasteiger partial charge in [0.05, 0.1) is 5.60 Å². The zero-order valence-electron chi connectivity index (χ0n) is 9.61. The van der Waals surface area contributed by atoms with Gasteiger partial charge in [0.2, 0.25) is 0 Å². The summed E-state index contributed by atoms with van der Waals surface area (Å²) in [7, 11) is 0. The van der Waals surface area contributed by atoms with Crippen molar-refractivity contribution in [3.63, 3.8) is 0 Å². The Bertz CT molecular complexity index is 298. The van der Waals surface area contributed by atoms with E-state index in [2.05, 4.69) is 6.92 Å². The van der Waals surface area contributed by atoms with Crippen LogP contribution in [0.2, 0.25) is 0 Å². The van der Waals surface area contributed by atoms with Gasteiger partial charge >= 0.3 is 0 Å². The summed E-state index contributed by atoms with van der Waals surface area (Å²) < 4.78 is 0. The molecule has 0 aromatic heterocycles. The Balaban J connectivity index is 2.56. The van der Waals surface area contributed by atoms with E-state index in [4.69, 9.17) is 0 Å². The van der Waals surface area contributed by atoms with Crippen molar-refractivity contribution in [2.75, 3.05) is 0 Å². The van der Waals surface area contributed by atoms with Crippen LogP contribution in [0.25, 0.3) is 6.08 Å². The molecule has 1 N–H and O–H groups in total. The van der Waals surface area contributed by atoms with E-state index < -0.39 is 5.60 Å². The molecule has 82 valence electrons. The molecular weight excluding hydrogens is 184 g/mol. The summed E-state index contributed by atoms with van der Waals surface area (Å²) in [5.41, 5.74) is 0.459. The maximum atomic E-state index is 10.0. The van der Waals surface area contributed by atoms with Crippen molar-refractivity contribution in [1.82, 2.24) is 0 Å². The van der Waals surface area contributed by atoms with E-state index in [0.29, 0.717) is 0 Å². The molecule has 0 saturated heterocycles. The largest absolute Gasteiger partial charge is 0.386 e. The van der Waals surface area contributed by atoms with Crippen molar-refractivity contribution in [3.8, 4) is 0 Å². The van der Waals surface area contributed by atoms with E-state index in [1.807, 2.05) is 49.4 Å². The molecule has 1 nitrogen and oxygen atoms in total. The van der Waals surface area contributed by atoms with Gasteiger partial charge in [-0.05, 0) is 18.9 Å². The summed E-state index contributed by atoms with van der Waals surface area (Å²) in [6.07, 6.45) is 6.88. The third kappa shape index (κ3) is 4.80. The van der Waals surface area contributed by atoms with E-state index in [0.717, 1.165) is 24.8 Å². The first-order valence-corrected chi connectivity index (χ1v) is 5.61. The van der Waals surface area contributed by atoms with Crippen LogP contribution in [0.4, 0.5) is 0 Å². The van der Waals surface area contributed by atoms with Gasteiger partial charge in [0, 0.05) is 0 Å². The predicted octanol–water partition coefficient (Wildman–Crippen LogP) is 3.64. The lowest BCUT2D eigenvalue weighted by molar-refractivity contribution is 0.1000. The molecule has 1 aromatic carbocycles. The molecule has 0 heterocycles. The standard InChI is InChI=1S/C14H20O/c1-3-4-11-14(2,15)12-10-13-8-6-5-7-9-13/h5-10,12,15H,3-4,11H2,1-2H3/b12-10+. The minimum absolute atomic E-state index is 0.675. The van der Waals surface area contributed by atoms with Crippen LogP contribution in [0.1, 0.15) is 38.7 Å². The molecule has 0 aliphatic rings. The van der Waals surface area contributed by atoms with Crippen molar-refractivity contribution in [3.05, 3.63) is 42.0 Å². The summed E-state index contributed by atoms with van der Waals surface area (Å²) in [6, 6.07) is 10.1. The fraction of sp³-hybridized carbons (Fsp3) is 0.429. The van der Waals surface area contributed by atoms with Crippen LogP contribution < -0.4 is 0 Å². The zero-order valence-corrected chi connectivity index (χ0v) is 9.61. The van der Waals surface area contributed by atoms with Gasteiger partial charge in [0.1, 0.15) is 0 Å². The second-order valence-electron chi connectivity index (χ2n) is 4.20. The number of aliphatic hydroxyl groups is 1. The van der Waals surface area contributed by atoms with Gasteiger partial charge < -0.3 is 5.11 Å². The minimum atomic E-state index is -0.675. The van der Waals surface area contributed by atoms with Crippen LogP contribution >= 0.6 is 0 Å². The number of hydrogen-bond donors (Lipinski definition) is 1. The molecule has 1 aromatic rings. The molecule has 1 heteroatoms. The number of unbranched alkanes of at least 4 members (excludes halogenated alkanes) is 1. The van der Waals surface area contributed by atoms with Crippen molar-refractivity contribution >= 4 is 6.08 Å². The van der Waals surface area contributed by atoms with Gasteiger partial charge in [-0.2, -0.15) is 0 Å². The SMILES string of the molecule is CCCCC(C)(O)/C=C/c1ccccc1. The summed E-state index contributed by atoms with van der Waals surface area (Å²) in [4.78, 5) is 0. The second-order valence-corrected chi connectivity index (χ2v) is 4.20. The van der Waals surface area contributed by atoms with E-state index in [1.165, 1.54) is 0 Å². The molecule has 1 unspecified atom stereocenters. The quantitative estimate of drug-likeness (QED) is 0.776. The smallest absolute Gasteiger partial charge is 0.0802 e. The van der Waals surface area contributed by atoms with E-state index in [9.17, 15) is 5.11 Å². The molecule has 1 rings (SSSR count). The highest BCUT2D eigenvalue weighted by Crippen LogP contribution is 2.16. The molecule has 15 heavy (non-hydrogen) atoms. The van der Waals surface area contributed by atoms with Crippen LogP contribution in [-0.4, -0.2) is 10.7 Å². The molecule has 0 aliphatic carbocycles. The number of rotatable bonds is 5. The lowest BCUT2D eigenvalue weighted by Crippen LogP contribution is -2.19. The Labute approximate surface area is 92.5 Å². The molecule has 0 radical (unpaired) electrons. The Morgan fingerprint density at radius 3 is 2.53 bits per heavy atom. The highest BCUT2D eigenvalue weighted by atomic mass is 16.3. The lowest BCUT2D eigenvalue weighted by atomic mass is 9.98. The van der Waals surface area contributed by atoms with E-state index >= 15 is 0 Å². The van der Waals surface area contributed by atoms with Crippen LogP contribution in [-0.2, 0) is 0 Å². The third-order valence-corrected chi connectivity index (χ3v) is 2.47. The minimum Gasteiger partial charge on any atom is -0.386 e. The second kappa shape index (κ2) is 5.72. The summed E-state index contributed by atoms with van der Waals surface area (Å²) in [5.74, 6) is 0. The number of hydrogen-bond acceptors (Lipinski definition) is 1. The first kappa shape index (κ1) is 12.0. The van der Waals surface area contributed by atoms with Crippen LogP contribution in [0.15, 0.2) is 36.4 Å². The lowest BCUT2D eigenvalue weighted by Gasteiger charge is -2.18. The first-order valence-electron chi connectivity index (χ1n) is 5.61. The van der Waals surface area contributed by atoms with Crippen molar-refractivity contribution in [2.24, 2.45) is 0 Å². The summed E-state index contributed by atoms with van der Waals surface area (Å²) >= 11 is 0. The Hall–Kier alpha value is -1.08. The van der Waals surface area contributed by atoms with Crippen LogP contribution in [0, 0.1) is 0 Å². The Morgan fingerprint density at radius 2 is 1.93 bits per heavy atom. The van der Waals surface area contributed by atoms with Crippen LogP contribution in [0.5, 0.6) is 0 Å². The van der Waals surface area contributed by atoms with Crippen molar-refractivity contribution in [1.29, 1.82) is 0 Å². The van der Waals surface area contributed by atoms with Gasteiger partial charge in [0.25, 0.3) is 0 Å². The third-order valence-electron chi connectivity index (χ3n) is 2.47. The fourth-order valence-electron chi connectivity index (χ4n) is 1.46. The molecular formula is C14H20O. The molecule has 0 bridgehead atoms. The van der Waals surface area contributed by atoms with Crippen molar-refractivity contribution < 1.29 is 5.11 Å². The number of benzene rings is 1. The average Bonchev–Trinajstić information content (AvgIpc) is 2.25. The highest BCUT2D eigenvalue weighted by molar-refractivity contribution is 5.49. The maximum absolute atomic E-state index is 10.0. The monoisotopic (exact) mass is 204 g/mol. The summed E-state index contributed by atoms with van der Waals surface area (Å²) in [5, 5.41) is 10.0. The van der Waals surface area contributed by atoms with E-state index in [1.54, 1.807) is 0 Å².